The van der Waals surface area contributed by atoms with Crippen molar-refractivity contribution in [1.82, 2.24) is 0 Å². The van der Waals surface area contributed by atoms with Gasteiger partial charge in [-0.3, -0.25) is 4.79 Å². The summed E-state index contributed by atoms with van der Waals surface area (Å²) in [6.07, 6.45) is 0.707. The highest BCUT2D eigenvalue weighted by Gasteiger charge is 2.27. The summed E-state index contributed by atoms with van der Waals surface area (Å²) >= 11 is 3.36. The van der Waals surface area contributed by atoms with Crippen LogP contribution in [0.15, 0.2) is 28.7 Å². The van der Waals surface area contributed by atoms with Crippen LogP contribution >= 0.6 is 15.9 Å². The van der Waals surface area contributed by atoms with Gasteiger partial charge in [-0.05, 0) is 25.1 Å². The molecule has 1 rings (SSSR count). The van der Waals surface area contributed by atoms with Crippen molar-refractivity contribution in [3.63, 3.8) is 0 Å². The fourth-order valence-corrected chi connectivity index (χ4v) is 1.89. The molecular weight excluding hydrogens is 254 g/mol. The first-order valence-corrected chi connectivity index (χ1v) is 5.77. The highest BCUT2D eigenvalue weighted by molar-refractivity contribution is 9.10. The zero-order chi connectivity index (χ0) is 11.5. The average Bonchev–Trinajstić information content (AvgIpc) is 2.16. The van der Waals surface area contributed by atoms with Crippen LogP contribution in [0.25, 0.3) is 0 Å². The van der Waals surface area contributed by atoms with Crippen LogP contribution in [0.3, 0.4) is 0 Å². The van der Waals surface area contributed by atoms with E-state index in [1.54, 1.807) is 0 Å². The molecule has 0 aliphatic rings. The molecular formula is C12H16BrNO. The Hall–Kier alpha value is -0.670. The molecule has 0 bridgehead atoms. The summed E-state index contributed by atoms with van der Waals surface area (Å²) in [5.74, 6) is 0.147. The molecule has 0 unspecified atom stereocenters. The number of nitrogens with two attached hydrogens (primary N) is 1. The molecule has 2 nitrogen and oxygen atoms in total. The lowest BCUT2D eigenvalue weighted by Gasteiger charge is -2.22. The number of ketones is 1. The molecule has 0 saturated carbocycles. The minimum absolute atomic E-state index is 0.147. The molecule has 1 aromatic carbocycles. The van der Waals surface area contributed by atoms with E-state index in [4.69, 9.17) is 5.73 Å². The molecule has 0 spiro atoms. The highest BCUT2D eigenvalue weighted by atomic mass is 79.9. The molecule has 1 aromatic rings. The lowest BCUT2D eigenvalue weighted by atomic mass is 9.81. The largest absolute Gasteiger partial charge is 0.330 e. The van der Waals surface area contributed by atoms with Gasteiger partial charge in [0.15, 0.2) is 5.78 Å². The summed E-state index contributed by atoms with van der Waals surface area (Å²) in [7, 11) is 0. The zero-order valence-electron chi connectivity index (χ0n) is 9.09. The van der Waals surface area contributed by atoms with Crippen LogP contribution in [0.1, 0.15) is 30.6 Å². The number of hydrogen-bond acceptors (Lipinski definition) is 2. The van der Waals surface area contributed by atoms with Crippen LogP contribution in [0.5, 0.6) is 0 Å². The second-order valence-electron chi connectivity index (χ2n) is 4.26. The van der Waals surface area contributed by atoms with E-state index < -0.39 is 0 Å². The molecule has 0 fully saturated rings. The van der Waals surface area contributed by atoms with Crippen molar-refractivity contribution in [3.05, 3.63) is 34.3 Å². The van der Waals surface area contributed by atoms with Gasteiger partial charge in [-0.15, -0.1) is 0 Å². The molecule has 0 heterocycles. The van der Waals surface area contributed by atoms with Gasteiger partial charge in [0, 0.05) is 15.5 Å². The topological polar surface area (TPSA) is 43.1 Å². The highest BCUT2D eigenvalue weighted by Crippen LogP contribution is 2.26. The van der Waals surface area contributed by atoms with Crippen LogP contribution < -0.4 is 5.73 Å². The Kier molecular flexibility index (Phi) is 4.05. The first kappa shape index (κ1) is 12.4. The molecule has 0 atom stereocenters. The van der Waals surface area contributed by atoms with E-state index in [0.717, 1.165) is 10.0 Å². The summed E-state index contributed by atoms with van der Waals surface area (Å²) in [6, 6.07) is 7.47. The Bertz CT molecular complexity index is 360. The molecule has 82 valence electrons. The van der Waals surface area contributed by atoms with E-state index in [9.17, 15) is 4.79 Å². The third kappa shape index (κ3) is 3.14. The fourth-order valence-electron chi connectivity index (χ4n) is 1.49. The molecule has 0 amide bonds. The Morgan fingerprint density at radius 3 is 2.67 bits per heavy atom. The van der Waals surface area contributed by atoms with E-state index in [1.807, 2.05) is 38.1 Å². The first-order chi connectivity index (χ1) is 6.97. The van der Waals surface area contributed by atoms with Crippen LogP contribution in [-0.4, -0.2) is 12.3 Å². The molecule has 0 aliphatic carbocycles. The lowest BCUT2D eigenvalue weighted by molar-refractivity contribution is 0.0829. The molecule has 0 aromatic heterocycles. The predicted octanol–water partition coefficient (Wildman–Crippen LogP) is 3.01. The fraction of sp³-hybridized carbons (Fsp3) is 0.417. The van der Waals surface area contributed by atoms with Gasteiger partial charge >= 0.3 is 0 Å². The van der Waals surface area contributed by atoms with Gasteiger partial charge in [0.05, 0.1) is 0 Å². The number of carbonyl (C=O) groups excluding carboxylic acids is 1. The van der Waals surface area contributed by atoms with E-state index in [1.165, 1.54) is 0 Å². The molecule has 2 N–H and O–H groups in total. The lowest BCUT2D eigenvalue weighted by Crippen LogP contribution is -2.27. The first-order valence-electron chi connectivity index (χ1n) is 4.98. The van der Waals surface area contributed by atoms with Gasteiger partial charge in [0.25, 0.3) is 0 Å². The van der Waals surface area contributed by atoms with Crippen LogP contribution in [0.4, 0.5) is 0 Å². The summed E-state index contributed by atoms with van der Waals surface area (Å²) in [4.78, 5) is 12.1. The van der Waals surface area contributed by atoms with Crippen molar-refractivity contribution in [3.8, 4) is 0 Å². The molecule has 3 heteroatoms. The smallest absolute Gasteiger partial charge is 0.168 e. The minimum Gasteiger partial charge on any atom is -0.330 e. The number of hydrogen-bond donors (Lipinski definition) is 1. The van der Waals surface area contributed by atoms with E-state index in [2.05, 4.69) is 15.9 Å². The molecule has 0 saturated heterocycles. The monoisotopic (exact) mass is 269 g/mol. The summed E-state index contributed by atoms with van der Waals surface area (Å²) in [6.45, 7) is 4.40. The van der Waals surface area contributed by atoms with Gasteiger partial charge in [0.2, 0.25) is 0 Å². The van der Waals surface area contributed by atoms with Gasteiger partial charge in [-0.25, -0.2) is 0 Å². The van der Waals surface area contributed by atoms with Gasteiger partial charge < -0.3 is 5.73 Å². The summed E-state index contributed by atoms with van der Waals surface area (Å²) in [5, 5.41) is 0. The maximum Gasteiger partial charge on any atom is 0.168 e. The summed E-state index contributed by atoms with van der Waals surface area (Å²) < 4.78 is 0.928. The van der Waals surface area contributed by atoms with E-state index >= 15 is 0 Å². The molecule has 0 radical (unpaired) electrons. The Morgan fingerprint density at radius 2 is 2.13 bits per heavy atom. The second-order valence-corrected chi connectivity index (χ2v) is 5.18. The van der Waals surface area contributed by atoms with Crippen molar-refractivity contribution >= 4 is 21.7 Å². The maximum absolute atomic E-state index is 12.1. The molecule has 15 heavy (non-hydrogen) atoms. The van der Waals surface area contributed by atoms with Crippen molar-refractivity contribution < 1.29 is 4.79 Å². The number of carbonyl (C=O) groups is 1. The summed E-state index contributed by atoms with van der Waals surface area (Å²) in [5.41, 5.74) is 5.86. The Labute approximate surface area is 99.0 Å². The Balaban J connectivity index is 2.94. The van der Waals surface area contributed by atoms with Crippen molar-refractivity contribution in [2.24, 2.45) is 11.1 Å². The third-order valence-corrected chi connectivity index (χ3v) is 2.96. The van der Waals surface area contributed by atoms with E-state index in [-0.39, 0.29) is 11.2 Å². The third-order valence-electron chi connectivity index (χ3n) is 2.47. The maximum atomic E-state index is 12.1. The van der Waals surface area contributed by atoms with Crippen molar-refractivity contribution in [2.45, 2.75) is 20.3 Å². The van der Waals surface area contributed by atoms with Crippen LogP contribution in [0.2, 0.25) is 0 Å². The van der Waals surface area contributed by atoms with E-state index in [0.29, 0.717) is 13.0 Å². The molecule has 0 aliphatic heterocycles. The predicted molar refractivity (Wildman–Crippen MR) is 65.9 cm³/mol. The van der Waals surface area contributed by atoms with Crippen molar-refractivity contribution in [1.29, 1.82) is 0 Å². The van der Waals surface area contributed by atoms with Gasteiger partial charge in [0.1, 0.15) is 0 Å². The number of benzene rings is 1. The van der Waals surface area contributed by atoms with Crippen LogP contribution in [0, 0.1) is 5.41 Å². The number of halogens is 1. The van der Waals surface area contributed by atoms with Gasteiger partial charge in [-0.1, -0.05) is 41.9 Å². The number of rotatable bonds is 4. The second kappa shape index (κ2) is 4.90. The van der Waals surface area contributed by atoms with Crippen molar-refractivity contribution in [2.75, 3.05) is 6.54 Å². The minimum atomic E-state index is -0.379. The quantitative estimate of drug-likeness (QED) is 0.854. The van der Waals surface area contributed by atoms with Crippen LogP contribution in [-0.2, 0) is 0 Å². The average molecular weight is 270 g/mol. The normalized spacial score (nSPS) is 11.5. The zero-order valence-corrected chi connectivity index (χ0v) is 10.7. The standard InChI is InChI=1S/C12H16BrNO/c1-12(2,6-7-14)11(15)9-4-3-5-10(13)8-9/h3-5,8H,6-7,14H2,1-2H3. The SMILES string of the molecule is CC(C)(CCN)C(=O)c1cccc(Br)c1. The Morgan fingerprint density at radius 1 is 1.47 bits per heavy atom. The van der Waals surface area contributed by atoms with Gasteiger partial charge in [-0.2, -0.15) is 0 Å². The number of Topliss-reactive ketones (excluding diaryl/α,β-unsaturated/α-hetero) is 1.